The van der Waals surface area contributed by atoms with E-state index in [1.165, 1.54) is 6.07 Å². The maximum absolute atomic E-state index is 13.4. The normalized spacial score (nSPS) is 17.1. The Labute approximate surface area is 154 Å². The van der Waals surface area contributed by atoms with Gasteiger partial charge in [0.2, 0.25) is 0 Å². The molecule has 0 bridgehead atoms. The zero-order valence-corrected chi connectivity index (χ0v) is 14.4. The second kappa shape index (κ2) is 7.26. The second-order valence-electron chi connectivity index (χ2n) is 6.54. The molecule has 1 unspecified atom stereocenters. The van der Waals surface area contributed by atoms with Crippen molar-refractivity contribution in [1.29, 1.82) is 0 Å². The third kappa shape index (κ3) is 3.58. The topological polar surface area (TPSA) is 59.2 Å². The zero-order chi connectivity index (χ0) is 18.8. The van der Waals surface area contributed by atoms with Crippen LogP contribution in [0.1, 0.15) is 34.9 Å². The Morgan fingerprint density at radius 2 is 1.93 bits per heavy atom. The van der Waals surface area contributed by atoms with E-state index in [9.17, 15) is 13.6 Å². The molecule has 2 heterocycles. The van der Waals surface area contributed by atoms with Gasteiger partial charge in [-0.1, -0.05) is 23.4 Å². The number of amides is 1. The van der Waals surface area contributed by atoms with Crippen LogP contribution in [0.15, 0.2) is 53.1 Å². The first-order valence-electron chi connectivity index (χ1n) is 8.75. The van der Waals surface area contributed by atoms with Crippen molar-refractivity contribution in [3.8, 4) is 11.5 Å². The predicted molar refractivity (Wildman–Crippen MR) is 94.0 cm³/mol. The van der Waals surface area contributed by atoms with Crippen LogP contribution in [-0.2, 0) is 0 Å². The Morgan fingerprint density at radius 3 is 2.70 bits per heavy atom. The maximum atomic E-state index is 13.4. The summed E-state index contributed by atoms with van der Waals surface area (Å²) in [5, 5.41) is 4.07. The molecule has 1 amide bonds. The van der Waals surface area contributed by atoms with Gasteiger partial charge in [0.05, 0.1) is 0 Å². The van der Waals surface area contributed by atoms with Crippen molar-refractivity contribution in [1.82, 2.24) is 15.0 Å². The highest BCUT2D eigenvalue weighted by Crippen LogP contribution is 2.28. The molecule has 1 aromatic heterocycles. The molecule has 5 nitrogen and oxygen atoms in total. The van der Waals surface area contributed by atoms with Crippen LogP contribution in [0.3, 0.4) is 0 Å². The van der Waals surface area contributed by atoms with Crippen LogP contribution in [0.25, 0.3) is 11.5 Å². The number of piperidine rings is 1. The monoisotopic (exact) mass is 369 g/mol. The quantitative estimate of drug-likeness (QED) is 0.699. The molecule has 7 heteroatoms. The van der Waals surface area contributed by atoms with E-state index in [4.69, 9.17) is 4.52 Å². The summed E-state index contributed by atoms with van der Waals surface area (Å²) in [6, 6.07) is 12.7. The second-order valence-corrected chi connectivity index (χ2v) is 6.54. The molecule has 1 aliphatic heterocycles. The molecule has 27 heavy (non-hydrogen) atoms. The van der Waals surface area contributed by atoms with Crippen LogP contribution in [0.2, 0.25) is 0 Å². The SMILES string of the molecule is O=C(c1ccc(F)c(F)c1)N1CCCC(c2noc(-c3ccccc3)n2)C1. The van der Waals surface area contributed by atoms with Crippen LogP contribution in [0.4, 0.5) is 8.78 Å². The number of hydrogen-bond donors (Lipinski definition) is 0. The molecule has 1 fully saturated rings. The molecular weight excluding hydrogens is 352 g/mol. The van der Waals surface area contributed by atoms with E-state index in [2.05, 4.69) is 10.1 Å². The van der Waals surface area contributed by atoms with Crippen LogP contribution < -0.4 is 0 Å². The summed E-state index contributed by atoms with van der Waals surface area (Å²) in [6.07, 6.45) is 1.60. The van der Waals surface area contributed by atoms with E-state index in [1.807, 2.05) is 30.3 Å². The maximum Gasteiger partial charge on any atom is 0.257 e. The van der Waals surface area contributed by atoms with Gasteiger partial charge in [-0.2, -0.15) is 4.98 Å². The number of carbonyl (C=O) groups excluding carboxylic acids is 1. The lowest BCUT2D eigenvalue weighted by molar-refractivity contribution is 0.0703. The highest BCUT2D eigenvalue weighted by molar-refractivity contribution is 5.94. The molecule has 0 aliphatic carbocycles. The molecule has 0 spiro atoms. The number of benzene rings is 2. The summed E-state index contributed by atoms with van der Waals surface area (Å²) in [7, 11) is 0. The minimum absolute atomic E-state index is 0.0609. The van der Waals surface area contributed by atoms with Gasteiger partial charge in [-0.25, -0.2) is 8.78 Å². The Morgan fingerprint density at radius 1 is 1.11 bits per heavy atom. The number of likely N-dealkylation sites (tertiary alicyclic amines) is 1. The lowest BCUT2D eigenvalue weighted by atomic mass is 9.96. The standard InChI is InChI=1S/C20H17F2N3O2/c21-16-9-8-14(11-17(16)22)20(26)25-10-4-7-15(12-25)18-23-19(27-24-18)13-5-2-1-3-6-13/h1-3,5-6,8-9,11,15H,4,7,10,12H2. The molecule has 3 aromatic rings. The van der Waals surface area contributed by atoms with Gasteiger partial charge in [-0.3, -0.25) is 4.79 Å². The fraction of sp³-hybridized carbons (Fsp3) is 0.250. The molecule has 0 saturated carbocycles. The van der Waals surface area contributed by atoms with Crippen molar-refractivity contribution in [3.05, 3.63) is 71.6 Å². The Balaban J connectivity index is 1.50. The number of carbonyl (C=O) groups is 1. The smallest absolute Gasteiger partial charge is 0.257 e. The first-order chi connectivity index (χ1) is 13.1. The molecule has 0 radical (unpaired) electrons. The molecule has 138 valence electrons. The Hall–Kier alpha value is -3.09. The Bertz CT molecular complexity index is 959. The van der Waals surface area contributed by atoms with Crippen LogP contribution in [-0.4, -0.2) is 34.0 Å². The number of nitrogens with zero attached hydrogens (tertiary/aromatic N) is 3. The number of aromatic nitrogens is 2. The average molecular weight is 369 g/mol. The predicted octanol–water partition coefficient (Wildman–Crippen LogP) is 4.03. The zero-order valence-electron chi connectivity index (χ0n) is 14.4. The van der Waals surface area contributed by atoms with Crippen LogP contribution in [0.5, 0.6) is 0 Å². The van der Waals surface area contributed by atoms with E-state index in [0.29, 0.717) is 24.8 Å². The number of hydrogen-bond acceptors (Lipinski definition) is 4. The minimum atomic E-state index is -1.03. The van der Waals surface area contributed by atoms with E-state index >= 15 is 0 Å². The first-order valence-corrected chi connectivity index (χ1v) is 8.75. The van der Waals surface area contributed by atoms with Crippen molar-refractivity contribution in [2.24, 2.45) is 0 Å². The van der Waals surface area contributed by atoms with Crippen LogP contribution in [0, 0.1) is 11.6 Å². The molecule has 2 aromatic carbocycles. The molecule has 0 N–H and O–H groups in total. The Kier molecular flexibility index (Phi) is 4.66. The summed E-state index contributed by atoms with van der Waals surface area (Å²) in [5.74, 6) is -1.39. The largest absolute Gasteiger partial charge is 0.338 e. The van der Waals surface area contributed by atoms with Crippen molar-refractivity contribution in [2.45, 2.75) is 18.8 Å². The van der Waals surface area contributed by atoms with Crippen molar-refractivity contribution >= 4 is 5.91 Å². The fourth-order valence-corrected chi connectivity index (χ4v) is 3.28. The van der Waals surface area contributed by atoms with Crippen molar-refractivity contribution < 1.29 is 18.1 Å². The lowest BCUT2D eigenvalue weighted by Gasteiger charge is -2.31. The summed E-state index contributed by atoms with van der Waals surface area (Å²) in [5.41, 5.74) is 0.967. The van der Waals surface area contributed by atoms with Gasteiger partial charge in [0.25, 0.3) is 11.8 Å². The minimum Gasteiger partial charge on any atom is -0.338 e. The number of halogens is 2. The van der Waals surface area contributed by atoms with Gasteiger partial charge >= 0.3 is 0 Å². The van der Waals surface area contributed by atoms with E-state index in [-0.39, 0.29) is 17.4 Å². The third-order valence-electron chi connectivity index (χ3n) is 4.70. The van der Waals surface area contributed by atoms with Gasteiger partial charge in [0.15, 0.2) is 17.5 Å². The number of rotatable bonds is 3. The molecule has 1 aliphatic rings. The van der Waals surface area contributed by atoms with Gasteiger partial charge in [0.1, 0.15) is 0 Å². The summed E-state index contributed by atoms with van der Waals surface area (Å²) < 4.78 is 31.9. The summed E-state index contributed by atoms with van der Waals surface area (Å²) >= 11 is 0. The van der Waals surface area contributed by atoms with Crippen molar-refractivity contribution in [2.75, 3.05) is 13.1 Å². The molecule has 1 saturated heterocycles. The molecular formula is C20H17F2N3O2. The van der Waals surface area contributed by atoms with E-state index in [1.54, 1.807) is 4.90 Å². The van der Waals surface area contributed by atoms with Gasteiger partial charge in [-0.15, -0.1) is 0 Å². The average Bonchev–Trinajstić information content (AvgIpc) is 3.21. The lowest BCUT2D eigenvalue weighted by Crippen LogP contribution is -2.39. The van der Waals surface area contributed by atoms with Gasteiger partial charge in [0, 0.05) is 30.1 Å². The summed E-state index contributed by atoms with van der Waals surface area (Å²) in [4.78, 5) is 18.7. The van der Waals surface area contributed by atoms with E-state index < -0.39 is 11.6 Å². The van der Waals surface area contributed by atoms with Gasteiger partial charge < -0.3 is 9.42 Å². The highest BCUT2D eigenvalue weighted by atomic mass is 19.2. The molecule has 1 atom stereocenters. The third-order valence-corrected chi connectivity index (χ3v) is 4.70. The fourth-order valence-electron chi connectivity index (χ4n) is 3.28. The van der Waals surface area contributed by atoms with Gasteiger partial charge in [-0.05, 0) is 43.2 Å². The summed E-state index contributed by atoms with van der Waals surface area (Å²) in [6.45, 7) is 0.962. The van der Waals surface area contributed by atoms with Crippen molar-refractivity contribution in [3.63, 3.8) is 0 Å². The van der Waals surface area contributed by atoms with Crippen LogP contribution >= 0.6 is 0 Å². The first kappa shape index (κ1) is 17.3. The highest BCUT2D eigenvalue weighted by Gasteiger charge is 2.29. The molecule has 4 rings (SSSR count). The van der Waals surface area contributed by atoms with E-state index in [0.717, 1.165) is 30.5 Å².